The number of aliphatic hydroxyl groups is 1. The molecular formula is C20H34N4O4. The molecule has 2 aliphatic carbocycles. The fraction of sp³-hybridized carbons (Fsp3) is 0.850. The quantitative estimate of drug-likeness (QED) is 0.443. The van der Waals surface area contributed by atoms with Crippen LogP contribution in [0.4, 0.5) is 0 Å². The van der Waals surface area contributed by atoms with E-state index in [-0.39, 0.29) is 35.0 Å². The van der Waals surface area contributed by atoms with Crippen LogP contribution in [-0.4, -0.2) is 58.5 Å². The average molecular weight is 395 g/mol. The lowest BCUT2D eigenvalue weighted by Gasteiger charge is -2.34. The molecule has 8 heteroatoms. The number of aliphatic hydroxyl groups excluding tert-OH is 1. The third kappa shape index (κ3) is 3.76. The SMILES string of the molecule is CC(C)[C@H](N)C(=O)N1C[C@H]2[C@@H]([C@H]1C(=O)NC(CC1CC1)C(O)C(N)=O)C2(C)C. The van der Waals surface area contributed by atoms with Crippen molar-refractivity contribution in [3.05, 3.63) is 0 Å². The van der Waals surface area contributed by atoms with Gasteiger partial charge in [0.25, 0.3) is 0 Å². The van der Waals surface area contributed by atoms with Gasteiger partial charge in [0.05, 0.1) is 12.1 Å². The molecule has 28 heavy (non-hydrogen) atoms. The molecule has 2 saturated carbocycles. The number of nitrogens with one attached hydrogen (secondary N) is 1. The first-order valence-electron chi connectivity index (χ1n) is 10.3. The van der Waals surface area contributed by atoms with E-state index in [1.54, 1.807) is 4.90 Å². The summed E-state index contributed by atoms with van der Waals surface area (Å²) in [5.74, 6) is -0.712. The molecule has 0 bridgehead atoms. The molecular weight excluding hydrogens is 360 g/mol. The van der Waals surface area contributed by atoms with Gasteiger partial charge in [-0.3, -0.25) is 14.4 Å². The Labute approximate surface area is 166 Å². The zero-order chi connectivity index (χ0) is 21.0. The zero-order valence-corrected chi connectivity index (χ0v) is 17.2. The molecule has 1 heterocycles. The maximum absolute atomic E-state index is 13.2. The van der Waals surface area contributed by atoms with Crippen LogP contribution in [0.3, 0.4) is 0 Å². The molecule has 1 saturated heterocycles. The smallest absolute Gasteiger partial charge is 0.248 e. The summed E-state index contributed by atoms with van der Waals surface area (Å²) in [6.45, 7) is 8.49. The van der Waals surface area contributed by atoms with Crippen molar-refractivity contribution in [3.8, 4) is 0 Å². The molecule has 3 rings (SSSR count). The molecule has 0 aromatic carbocycles. The molecule has 6 atom stereocenters. The highest BCUT2D eigenvalue weighted by Crippen LogP contribution is 2.64. The van der Waals surface area contributed by atoms with E-state index in [1.165, 1.54) is 0 Å². The zero-order valence-electron chi connectivity index (χ0n) is 17.2. The minimum Gasteiger partial charge on any atom is -0.381 e. The van der Waals surface area contributed by atoms with E-state index in [1.807, 2.05) is 13.8 Å². The van der Waals surface area contributed by atoms with Gasteiger partial charge < -0.3 is 26.8 Å². The van der Waals surface area contributed by atoms with Crippen molar-refractivity contribution in [2.24, 2.45) is 40.6 Å². The summed E-state index contributed by atoms with van der Waals surface area (Å²) < 4.78 is 0. The predicted octanol–water partition coefficient (Wildman–Crippen LogP) is -0.416. The van der Waals surface area contributed by atoms with Crippen molar-refractivity contribution in [2.45, 2.75) is 71.2 Å². The van der Waals surface area contributed by atoms with Crippen LogP contribution in [0, 0.1) is 29.1 Å². The van der Waals surface area contributed by atoms with E-state index in [0.29, 0.717) is 18.9 Å². The second kappa shape index (κ2) is 7.30. The van der Waals surface area contributed by atoms with E-state index in [2.05, 4.69) is 19.2 Å². The fourth-order valence-electron chi connectivity index (χ4n) is 4.74. The molecule has 1 aliphatic heterocycles. The van der Waals surface area contributed by atoms with Crippen molar-refractivity contribution in [3.63, 3.8) is 0 Å². The first kappa shape index (κ1) is 21.0. The standard InChI is InChI=1S/C20H34N4O4/c1-9(2)14(21)19(28)24-8-11-13(20(11,3)4)15(24)18(27)23-12(7-10-5-6-10)16(25)17(22)26/h9-16,25H,5-8,21H2,1-4H3,(H2,22,26)(H,23,27)/t11-,12?,13-,14-,15-,16?/m0/s1. The number of carbonyl (C=O) groups is 3. The van der Waals surface area contributed by atoms with Crippen LogP contribution in [-0.2, 0) is 14.4 Å². The van der Waals surface area contributed by atoms with Gasteiger partial charge in [0, 0.05) is 6.54 Å². The minimum absolute atomic E-state index is 0.0188. The lowest BCUT2D eigenvalue weighted by Crippen LogP contribution is -2.58. The lowest BCUT2D eigenvalue weighted by molar-refractivity contribution is -0.143. The summed E-state index contributed by atoms with van der Waals surface area (Å²) in [5.41, 5.74) is 11.3. The van der Waals surface area contributed by atoms with Gasteiger partial charge in [-0.15, -0.1) is 0 Å². The number of hydrogen-bond acceptors (Lipinski definition) is 5. The van der Waals surface area contributed by atoms with Gasteiger partial charge in [0.2, 0.25) is 17.7 Å². The average Bonchev–Trinajstić information content (AvgIpc) is 3.46. The molecule has 3 fully saturated rings. The molecule has 2 unspecified atom stereocenters. The number of hydrogen-bond donors (Lipinski definition) is 4. The fourth-order valence-corrected chi connectivity index (χ4v) is 4.74. The van der Waals surface area contributed by atoms with Gasteiger partial charge in [-0.1, -0.05) is 40.5 Å². The number of nitrogens with two attached hydrogens (primary N) is 2. The Hall–Kier alpha value is -1.67. The Morgan fingerprint density at radius 3 is 2.36 bits per heavy atom. The Kier molecular flexibility index (Phi) is 5.49. The summed E-state index contributed by atoms with van der Waals surface area (Å²) in [6.07, 6.45) is 1.12. The van der Waals surface area contributed by atoms with Crippen LogP contribution in [0.15, 0.2) is 0 Å². The molecule has 0 spiro atoms. The first-order valence-corrected chi connectivity index (χ1v) is 10.3. The number of amides is 3. The van der Waals surface area contributed by atoms with Crippen LogP contribution in [0.25, 0.3) is 0 Å². The normalized spacial score (nSPS) is 31.1. The lowest BCUT2D eigenvalue weighted by atomic mass is 9.97. The van der Waals surface area contributed by atoms with Gasteiger partial charge in [-0.05, 0) is 35.5 Å². The molecule has 0 radical (unpaired) electrons. The Morgan fingerprint density at radius 1 is 1.25 bits per heavy atom. The van der Waals surface area contributed by atoms with Crippen LogP contribution in [0.1, 0.15) is 47.0 Å². The third-order valence-electron chi connectivity index (χ3n) is 7.05. The number of rotatable bonds is 8. The number of nitrogens with zero attached hydrogens (tertiary/aromatic N) is 1. The second-order valence-corrected chi connectivity index (χ2v) is 9.80. The number of primary amides is 1. The van der Waals surface area contributed by atoms with Gasteiger partial charge in [0.15, 0.2) is 6.10 Å². The van der Waals surface area contributed by atoms with E-state index >= 15 is 0 Å². The summed E-state index contributed by atoms with van der Waals surface area (Å²) in [6, 6.07) is -2.01. The largest absolute Gasteiger partial charge is 0.381 e. The van der Waals surface area contributed by atoms with Crippen LogP contribution < -0.4 is 16.8 Å². The number of fused-ring (bicyclic) bond motifs is 1. The van der Waals surface area contributed by atoms with Crippen molar-refractivity contribution in [1.82, 2.24) is 10.2 Å². The van der Waals surface area contributed by atoms with Gasteiger partial charge >= 0.3 is 0 Å². The van der Waals surface area contributed by atoms with Gasteiger partial charge in [0.1, 0.15) is 6.04 Å². The van der Waals surface area contributed by atoms with E-state index in [0.717, 1.165) is 12.8 Å². The van der Waals surface area contributed by atoms with E-state index in [9.17, 15) is 19.5 Å². The molecule has 0 aromatic rings. The Bertz CT molecular complexity index is 661. The highest BCUT2D eigenvalue weighted by molar-refractivity contribution is 5.92. The van der Waals surface area contributed by atoms with Crippen molar-refractivity contribution < 1.29 is 19.5 Å². The van der Waals surface area contributed by atoms with Crippen molar-refractivity contribution >= 4 is 17.7 Å². The van der Waals surface area contributed by atoms with E-state index in [4.69, 9.17) is 11.5 Å². The molecule has 0 aromatic heterocycles. The third-order valence-corrected chi connectivity index (χ3v) is 7.05. The second-order valence-electron chi connectivity index (χ2n) is 9.80. The van der Waals surface area contributed by atoms with Crippen molar-refractivity contribution in [1.29, 1.82) is 0 Å². The summed E-state index contributed by atoms with van der Waals surface area (Å²) in [5, 5.41) is 13.0. The molecule has 6 N–H and O–H groups in total. The summed E-state index contributed by atoms with van der Waals surface area (Å²) in [7, 11) is 0. The summed E-state index contributed by atoms with van der Waals surface area (Å²) >= 11 is 0. The van der Waals surface area contributed by atoms with Crippen LogP contribution in [0.5, 0.6) is 0 Å². The molecule has 158 valence electrons. The summed E-state index contributed by atoms with van der Waals surface area (Å²) in [4.78, 5) is 39.2. The predicted molar refractivity (Wildman–Crippen MR) is 104 cm³/mol. The highest BCUT2D eigenvalue weighted by Gasteiger charge is 2.69. The first-order chi connectivity index (χ1) is 13.0. The highest BCUT2D eigenvalue weighted by atomic mass is 16.3. The maximum Gasteiger partial charge on any atom is 0.248 e. The van der Waals surface area contributed by atoms with Gasteiger partial charge in [-0.2, -0.15) is 0 Å². The topological polar surface area (TPSA) is 139 Å². The molecule has 8 nitrogen and oxygen atoms in total. The van der Waals surface area contributed by atoms with Crippen LogP contribution in [0.2, 0.25) is 0 Å². The minimum atomic E-state index is -1.43. The van der Waals surface area contributed by atoms with Crippen molar-refractivity contribution in [2.75, 3.05) is 6.54 Å². The van der Waals surface area contributed by atoms with Gasteiger partial charge in [-0.25, -0.2) is 0 Å². The molecule has 3 amide bonds. The number of piperidine rings is 1. The Morgan fingerprint density at radius 2 is 1.86 bits per heavy atom. The van der Waals surface area contributed by atoms with Crippen LogP contribution >= 0.6 is 0 Å². The molecule has 3 aliphatic rings. The Balaban J connectivity index is 1.77. The number of likely N-dealkylation sites (tertiary alicyclic amines) is 1. The number of carbonyl (C=O) groups excluding carboxylic acids is 3. The monoisotopic (exact) mass is 394 g/mol. The van der Waals surface area contributed by atoms with E-state index < -0.39 is 30.1 Å². The maximum atomic E-state index is 13.2.